The number of fused-ring (bicyclic) bond motifs is 5. The molecule has 0 aromatic rings. The molecule has 0 aliphatic heterocycles. The Hall–Kier alpha value is -0.860. The fraction of sp³-hybridized carbons (Fsp3) is 0.800. The van der Waals surface area contributed by atoms with Crippen molar-refractivity contribution in [3.8, 4) is 0 Å². The van der Waals surface area contributed by atoms with Gasteiger partial charge in [-0.15, -0.1) is 0 Å². The molecule has 2 heteroatoms. The van der Waals surface area contributed by atoms with Crippen LogP contribution >= 0.6 is 0 Å². The standard InChI is InChI=1S/C30H48O2/c1-20(2)21(3)8-9-22(4)26-12-13-27-25-11-10-23-18-24(32-19-31-7)14-16-29(23,5)28(25)15-17-30(26,27)6/h8-11,20-22,24,26-28H,12-19H2,1-7H3/t21-,22+,24-,26+,27-,28-,29-,30+/m0/s1. The Morgan fingerprint density at radius 2 is 1.75 bits per heavy atom. The van der Waals surface area contributed by atoms with Crippen LogP contribution in [0.3, 0.4) is 0 Å². The fourth-order valence-electron chi connectivity index (χ4n) is 7.89. The Balaban J connectivity index is 1.52. The predicted molar refractivity (Wildman–Crippen MR) is 134 cm³/mol. The molecule has 4 rings (SSSR count). The van der Waals surface area contributed by atoms with Crippen LogP contribution in [0.2, 0.25) is 0 Å². The number of ether oxygens (including phenoxy) is 2. The van der Waals surface area contributed by atoms with Gasteiger partial charge in [0, 0.05) is 7.11 Å². The summed E-state index contributed by atoms with van der Waals surface area (Å²) in [5, 5.41) is 0. The first-order chi connectivity index (χ1) is 15.2. The summed E-state index contributed by atoms with van der Waals surface area (Å²) in [6.45, 7) is 15.2. The average molecular weight is 441 g/mol. The van der Waals surface area contributed by atoms with E-state index in [1.807, 2.05) is 0 Å². The molecule has 4 aliphatic carbocycles. The zero-order valence-electron chi connectivity index (χ0n) is 21.8. The molecule has 0 aromatic heterocycles. The first-order valence-corrected chi connectivity index (χ1v) is 13.4. The number of hydrogen-bond acceptors (Lipinski definition) is 2. The van der Waals surface area contributed by atoms with Gasteiger partial charge < -0.3 is 9.47 Å². The maximum Gasteiger partial charge on any atom is 0.146 e. The van der Waals surface area contributed by atoms with Crippen LogP contribution < -0.4 is 0 Å². The molecule has 4 aliphatic rings. The molecule has 2 nitrogen and oxygen atoms in total. The van der Waals surface area contributed by atoms with Gasteiger partial charge in [0.1, 0.15) is 6.79 Å². The monoisotopic (exact) mass is 440 g/mol. The third-order valence-corrected chi connectivity index (χ3v) is 10.4. The number of rotatable bonds is 7. The molecule has 3 saturated carbocycles. The maximum absolute atomic E-state index is 5.95. The van der Waals surface area contributed by atoms with Crippen molar-refractivity contribution in [3.05, 3.63) is 35.5 Å². The van der Waals surface area contributed by atoms with Crippen LogP contribution in [0, 0.1) is 46.3 Å². The highest BCUT2D eigenvalue weighted by Gasteiger charge is 2.56. The topological polar surface area (TPSA) is 18.5 Å². The zero-order valence-corrected chi connectivity index (χ0v) is 21.8. The van der Waals surface area contributed by atoms with Crippen molar-refractivity contribution in [2.75, 3.05) is 13.9 Å². The first-order valence-electron chi connectivity index (χ1n) is 13.4. The van der Waals surface area contributed by atoms with E-state index >= 15 is 0 Å². The molecule has 0 saturated heterocycles. The van der Waals surface area contributed by atoms with E-state index in [4.69, 9.17) is 9.47 Å². The Labute approximate surface area is 197 Å². The second-order valence-corrected chi connectivity index (χ2v) is 12.4. The first kappa shape index (κ1) is 24.3. The van der Waals surface area contributed by atoms with E-state index in [2.05, 4.69) is 65.8 Å². The molecule has 32 heavy (non-hydrogen) atoms. The zero-order chi connectivity index (χ0) is 23.1. The van der Waals surface area contributed by atoms with Gasteiger partial charge in [-0.3, -0.25) is 0 Å². The van der Waals surface area contributed by atoms with Crippen molar-refractivity contribution in [1.82, 2.24) is 0 Å². The van der Waals surface area contributed by atoms with Crippen LogP contribution in [0.5, 0.6) is 0 Å². The lowest BCUT2D eigenvalue weighted by molar-refractivity contribution is -0.0864. The summed E-state index contributed by atoms with van der Waals surface area (Å²) < 4.78 is 11.1. The second-order valence-electron chi connectivity index (χ2n) is 12.4. The van der Waals surface area contributed by atoms with Gasteiger partial charge in [-0.05, 0) is 91.3 Å². The summed E-state index contributed by atoms with van der Waals surface area (Å²) in [6, 6.07) is 0. The van der Waals surface area contributed by atoms with Crippen molar-refractivity contribution in [3.63, 3.8) is 0 Å². The molecule has 0 aromatic carbocycles. The Kier molecular flexibility index (Phi) is 7.14. The average Bonchev–Trinajstić information content (AvgIpc) is 3.12. The lowest BCUT2D eigenvalue weighted by Gasteiger charge is -2.55. The van der Waals surface area contributed by atoms with Gasteiger partial charge in [0.15, 0.2) is 0 Å². The number of methoxy groups -OCH3 is 1. The maximum atomic E-state index is 5.95. The summed E-state index contributed by atoms with van der Waals surface area (Å²) in [7, 11) is 1.72. The van der Waals surface area contributed by atoms with Gasteiger partial charge in [-0.1, -0.05) is 77.0 Å². The molecule has 180 valence electrons. The normalized spacial score (nSPS) is 41.0. The van der Waals surface area contributed by atoms with Gasteiger partial charge >= 0.3 is 0 Å². The Morgan fingerprint density at radius 3 is 2.47 bits per heavy atom. The van der Waals surface area contributed by atoms with E-state index in [0.29, 0.717) is 35.6 Å². The number of allylic oxidation sites excluding steroid dienone is 5. The molecule has 0 N–H and O–H groups in total. The van der Waals surface area contributed by atoms with Crippen molar-refractivity contribution < 1.29 is 9.47 Å². The third kappa shape index (κ3) is 4.20. The molecule has 0 radical (unpaired) electrons. The van der Waals surface area contributed by atoms with Crippen molar-refractivity contribution in [2.24, 2.45) is 46.3 Å². The van der Waals surface area contributed by atoms with Crippen LogP contribution in [0.15, 0.2) is 35.5 Å². The van der Waals surface area contributed by atoms with Crippen LogP contribution in [-0.4, -0.2) is 20.0 Å². The minimum atomic E-state index is 0.329. The molecular formula is C30H48O2. The summed E-state index contributed by atoms with van der Waals surface area (Å²) in [5.74, 6) is 4.43. The van der Waals surface area contributed by atoms with E-state index < -0.39 is 0 Å². The van der Waals surface area contributed by atoms with Crippen LogP contribution in [-0.2, 0) is 9.47 Å². The van der Waals surface area contributed by atoms with E-state index in [1.165, 1.54) is 38.5 Å². The summed E-state index contributed by atoms with van der Waals surface area (Å²) in [6.07, 6.45) is 19.5. The van der Waals surface area contributed by atoms with Gasteiger partial charge in [0.2, 0.25) is 0 Å². The molecule has 0 spiro atoms. The molecular weight excluding hydrogens is 392 g/mol. The van der Waals surface area contributed by atoms with E-state index in [-0.39, 0.29) is 0 Å². The van der Waals surface area contributed by atoms with Gasteiger partial charge in [0.25, 0.3) is 0 Å². The van der Waals surface area contributed by atoms with Crippen molar-refractivity contribution in [1.29, 1.82) is 0 Å². The summed E-state index contributed by atoms with van der Waals surface area (Å²) >= 11 is 0. The lowest BCUT2D eigenvalue weighted by atomic mass is 9.50. The van der Waals surface area contributed by atoms with E-state index in [1.54, 1.807) is 18.3 Å². The second kappa shape index (κ2) is 9.41. The van der Waals surface area contributed by atoms with E-state index in [0.717, 1.165) is 30.1 Å². The van der Waals surface area contributed by atoms with Crippen LogP contribution in [0.4, 0.5) is 0 Å². The molecule has 0 unspecified atom stereocenters. The SMILES string of the molecule is COCO[C@H]1CC[C@@]2(C)C(=CC=C3[C@@H]4CC[C@H]([C@H](C)C=C[C@H](C)C(C)C)[C@@]4(C)CC[C@@H]32)C1. The minimum absolute atomic E-state index is 0.329. The highest BCUT2D eigenvalue weighted by atomic mass is 16.7. The predicted octanol–water partition coefficient (Wildman–Crippen LogP) is 7.96. The highest BCUT2D eigenvalue weighted by Crippen LogP contribution is 2.66. The Morgan fingerprint density at radius 1 is 0.969 bits per heavy atom. The molecule has 3 fully saturated rings. The molecule has 0 amide bonds. The van der Waals surface area contributed by atoms with Crippen molar-refractivity contribution >= 4 is 0 Å². The highest BCUT2D eigenvalue weighted by molar-refractivity contribution is 5.39. The third-order valence-electron chi connectivity index (χ3n) is 10.4. The van der Waals surface area contributed by atoms with Gasteiger partial charge in [-0.2, -0.15) is 0 Å². The quantitative estimate of drug-likeness (QED) is 0.295. The lowest BCUT2D eigenvalue weighted by Crippen LogP contribution is -2.46. The van der Waals surface area contributed by atoms with Gasteiger partial charge in [0.05, 0.1) is 6.10 Å². The van der Waals surface area contributed by atoms with Crippen molar-refractivity contribution in [2.45, 2.75) is 92.6 Å². The van der Waals surface area contributed by atoms with Crippen LogP contribution in [0.25, 0.3) is 0 Å². The summed E-state index contributed by atoms with van der Waals surface area (Å²) in [5.41, 5.74) is 4.24. The van der Waals surface area contributed by atoms with E-state index in [9.17, 15) is 0 Å². The number of hydrogen-bond donors (Lipinski definition) is 0. The minimum Gasteiger partial charge on any atom is -0.359 e. The summed E-state index contributed by atoms with van der Waals surface area (Å²) in [4.78, 5) is 0. The molecule has 0 heterocycles. The fourth-order valence-corrected chi connectivity index (χ4v) is 7.89. The Bertz CT molecular complexity index is 761. The largest absolute Gasteiger partial charge is 0.359 e. The smallest absolute Gasteiger partial charge is 0.146 e. The van der Waals surface area contributed by atoms with Gasteiger partial charge in [-0.25, -0.2) is 0 Å². The molecule has 0 bridgehead atoms. The van der Waals surface area contributed by atoms with Crippen LogP contribution in [0.1, 0.15) is 86.5 Å². The molecule has 8 atom stereocenters.